The fourth-order valence-corrected chi connectivity index (χ4v) is 2.61. The summed E-state index contributed by atoms with van der Waals surface area (Å²) < 4.78 is 15.9. The number of oxazole rings is 1. The van der Waals surface area contributed by atoms with Gasteiger partial charge in [0.1, 0.15) is 0 Å². The zero-order valence-electron chi connectivity index (χ0n) is 12.5. The van der Waals surface area contributed by atoms with E-state index in [1.54, 1.807) is 0 Å². The third kappa shape index (κ3) is 3.39. The fourth-order valence-electron chi connectivity index (χ4n) is 2.61. The van der Waals surface area contributed by atoms with Crippen LogP contribution in [0.25, 0.3) is 0 Å². The lowest BCUT2D eigenvalue weighted by atomic mass is 9.80. The molecule has 2 rings (SSSR count). The fraction of sp³-hybridized carbons (Fsp3) is 0.733. The van der Waals surface area contributed by atoms with Gasteiger partial charge in [0, 0.05) is 13.0 Å². The van der Waals surface area contributed by atoms with Crippen molar-refractivity contribution in [1.29, 1.82) is 0 Å². The minimum atomic E-state index is -0.437. The van der Waals surface area contributed by atoms with Gasteiger partial charge < -0.3 is 13.9 Å². The second kappa shape index (κ2) is 6.88. The molecule has 1 fully saturated rings. The second-order valence-electron chi connectivity index (χ2n) is 5.24. The van der Waals surface area contributed by atoms with Crippen molar-refractivity contribution in [3.05, 3.63) is 17.3 Å². The van der Waals surface area contributed by atoms with Crippen molar-refractivity contribution in [2.75, 3.05) is 13.7 Å². The average Bonchev–Trinajstić information content (AvgIpc) is 2.79. The molecule has 20 heavy (non-hydrogen) atoms. The number of methoxy groups -OCH3 is 1. The maximum absolute atomic E-state index is 11.7. The van der Waals surface area contributed by atoms with Gasteiger partial charge in [0.05, 0.1) is 18.9 Å². The molecule has 0 unspecified atom stereocenters. The third-order valence-corrected chi connectivity index (χ3v) is 3.66. The Kier molecular flexibility index (Phi) is 5.17. The van der Waals surface area contributed by atoms with Crippen LogP contribution < -0.4 is 0 Å². The van der Waals surface area contributed by atoms with Gasteiger partial charge in [-0.1, -0.05) is 13.3 Å². The van der Waals surface area contributed by atoms with Gasteiger partial charge in [-0.25, -0.2) is 9.78 Å². The number of aromatic nitrogens is 1. The van der Waals surface area contributed by atoms with Gasteiger partial charge in [-0.05, 0) is 32.1 Å². The molecule has 0 radical (unpaired) electrons. The van der Waals surface area contributed by atoms with E-state index >= 15 is 0 Å². The van der Waals surface area contributed by atoms with E-state index in [1.807, 2.05) is 13.8 Å². The number of nitrogens with zero attached hydrogens (tertiary/aromatic N) is 1. The lowest BCUT2D eigenvalue weighted by molar-refractivity contribution is -0.0256. The van der Waals surface area contributed by atoms with Gasteiger partial charge in [0.15, 0.2) is 5.89 Å². The van der Waals surface area contributed by atoms with Crippen LogP contribution in [0.1, 0.15) is 55.2 Å². The summed E-state index contributed by atoms with van der Waals surface area (Å²) in [6.07, 6.45) is 4.92. The zero-order valence-corrected chi connectivity index (χ0v) is 12.5. The highest BCUT2D eigenvalue weighted by Crippen LogP contribution is 2.33. The zero-order chi connectivity index (χ0) is 14.5. The number of rotatable bonds is 7. The third-order valence-electron chi connectivity index (χ3n) is 3.66. The van der Waals surface area contributed by atoms with Crippen LogP contribution in [0.4, 0.5) is 0 Å². The maximum Gasteiger partial charge on any atom is 0.375 e. The molecular weight excluding hydrogens is 258 g/mol. The Labute approximate surface area is 119 Å². The normalized spacial score (nSPS) is 21.6. The first kappa shape index (κ1) is 15.0. The Morgan fingerprint density at radius 1 is 1.40 bits per heavy atom. The van der Waals surface area contributed by atoms with Gasteiger partial charge in [0.25, 0.3) is 0 Å². The number of aryl methyl sites for hydroxylation is 1. The number of carbonyl (C=O) groups is 1. The smallest absolute Gasteiger partial charge is 0.375 e. The highest BCUT2D eigenvalue weighted by Gasteiger charge is 2.31. The van der Waals surface area contributed by atoms with Crippen molar-refractivity contribution < 1.29 is 18.7 Å². The first-order chi connectivity index (χ1) is 9.67. The van der Waals surface area contributed by atoms with Crippen LogP contribution in [-0.2, 0) is 22.3 Å². The molecule has 1 aliphatic carbocycles. The molecule has 0 saturated heterocycles. The molecule has 1 aromatic heterocycles. The molecule has 1 aromatic rings. The van der Waals surface area contributed by atoms with Crippen molar-refractivity contribution in [2.24, 2.45) is 5.92 Å². The predicted octanol–water partition coefficient (Wildman–Crippen LogP) is 2.77. The second-order valence-corrected chi connectivity index (χ2v) is 5.24. The Morgan fingerprint density at radius 3 is 2.75 bits per heavy atom. The van der Waals surface area contributed by atoms with Gasteiger partial charge in [-0.2, -0.15) is 0 Å². The summed E-state index contributed by atoms with van der Waals surface area (Å²) in [5.74, 6) is 1.03. The van der Waals surface area contributed by atoms with E-state index in [2.05, 4.69) is 4.98 Å². The van der Waals surface area contributed by atoms with E-state index in [-0.39, 0.29) is 5.76 Å². The first-order valence-corrected chi connectivity index (χ1v) is 7.36. The lowest BCUT2D eigenvalue weighted by Crippen LogP contribution is -2.32. The van der Waals surface area contributed by atoms with Gasteiger partial charge in [-0.3, -0.25) is 0 Å². The molecular formula is C15H23NO4. The molecule has 0 amide bonds. The van der Waals surface area contributed by atoms with Crippen LogP contribution in [0.5, 0.6) is 0 Å². The Balaban J connectivity index is 1.97. The number of hydrogen-bond acceptors (Lipinski definition) is 5. The summed E-state index contributed by atoms with van der Waals surface area (Å²) in [6, 6.07) is 0. The molecule has 0 bridgehead atoms. The van der Waals surface area contributed by atoms with E-state index in [0.29, 0.717) is 17.9 Å². The number of esters is 1. The van der Waals surface area contributed by atoms with Crippen LogP contribution in [-0.4, -0.2) is 30.8 Å². The predicted molar refractivity (Wildman–Crippen MR) is 73.7 cm³/mol. The molecule has 0 spiro atoms. The van der Waals surface area contributed by atoms with Crippen LogP contribution in [0, 0.1) is 5.92 Å². The Bertz CT molecular complexity index is 449. The molecule has 1 heterocycles. The number of hydrogen-bond donors (Lipinski definition) is 0. The molecule has 0 aliphatic heterocycles. The van der Waals surface area contributed by atoms with Crippen molar-refractivity contribution in [3.8, 4) is 0 Å². The van der Waals surface area contributed by atoms with Crippen LogP contribution in [0.3, 0.4) is 0 Å². The summed E-state index contributed by atoms with van der Waals surface area (Å²) in [5.41, 5.74) is 0.718. The lowest BCUT2D eigenvalue weighted by Gasteiger charge is -2.34. The van der Waals surface area contributed by atoms with E-state index in [1.165, 1.54) is 7.11 Å². The minimum Gasteiger partial charge on any atom is -0.463 e. The molecule has 0 atom stereocenters. The average molecular weight is 281 g/mol. The highest BCUT2D eigenvalue weighted by atomic mass is 16.5. The molecule has 1 saturated carbocycles. The van der Waals surface area contributed by atoms with Gasteiger partial charge in [-0.15, -0.1) is 0 Å². The molecule has 5 nitrogen and oxygen atoms in total. The largest absolute Gasteiger partial charge is 0.463 e. The van der Waals surface area contributed by atoms with Crippen molar-refractivity contribution >= 4 is 5.97 Å². The first-order valence-electron chi connectivity index (χ1n) is 7.36. The van der Waals surface area contributed by atoms with Crippen molar-refractivity contribution in [2.45, 2.75) is 52.1 Å². The summed E-state index contributed by atoms with van der Waals surface area (Å²) in [6.45, 7) is 4.83. The van der Waals surface area contributed by atoms with Gasteiger partial charge in [0.2, 0.25) is 5.76 Å². The van der Waals surface area contributed by atoms with E-state index < -0.39 is 5.97 Å². The van der Waals surface area contributed by atoms with Crippen molar-refractivity contribution in [3.63, 3.8) is 0 Å². The molecule has 112 valence electrons. The molecule has 0 aromatic carbocycles. The monoisotopic (exact) mass is 281 g/mol. The van der Waals surface area contributed by atoms with E-state index in [4.69, 9.17) is 13.9 Å². The number of ether oxygens (including phenoxy) is 2. The van der Waals surface area contributed by atoms with Crippen LogP contribution in [0.15, 0.2) is 4.42 Å². The van der Waals surface area contributed by atoms with Gasteiger partial charge >= 0.3 is 5.97 Å². The maximum atomic E-state index is 11.7. The highest BCUT2D eigenvalue weighted by molar-refractivity contribution is 5.87. The standard InChI is InChI=1S/C15H23NO4/c1-4-6-12-14(15(17)18-3)20-13(16-12)9-10-7-11(8-10)19-5-2/h10-11H,4-9H2,1-3H3. The topological polar surface area (TPSA) is 61.6 Å². The summed E-state index contributed by atoms with van der Waals surface area (Å²) in [7, 11) is 1.36. The molecule has 5 heteroatoms. The van der Waals surface area contributed by atoms with E-state index in [9.17, 15) is 4.79 Å². The minimum absolute atomic E-state index is 0.269. The Hall–Kier alpha value is -1.36. The van der Waals surface area contributed by atoms with Crippen molar-refractivity contribution in [1.82, 2.24) is 4.98 Å². The van der Waals surface area contributed by atoms with Crippen LogP contribution in [0.2, 0.25) is 0 Å². The molecule has 0 N–H and O–H groups in total. The van der Waals surface area contributed by atoms with E-state index in [0.717, 1.165) is 44.4 Å². The summed E-state index contributed by atoms with van der Waals surface area (Å²) >= 11 is 0. The SMILES string of the molecule is CCCc1nc(CC2CC(OCC)C2)oc1C(=O)OC. The quantitative estimate of drug-likeness (QED) is 0.719. The Morgan fingerprint density at radius 2 is 2.15 bits per heavy atom. The number of carbonyl (C=O) groups excluding carboxylic acids is 1. The summed E-state index contributed by atoms with van der Waals surface area (Å²) in [4.78, 5) is 16.1. The molecule has 1 aliphatic rings. The van der Waals surface area contributed by atoms with Crippen LogP contribution >= 0.6 is 0 Å². The summed E-state index contributed by atoms with van der Waals surface area (Å²) in [5, 5.41) is 0.